The summed E-state index contributed by atoms with van der Waals surface area (Å²) in [4.78, 5) is 25.2. The molecule has 0 heterocycles. The van der Waals surface area contributed by atoms with Gasteiger partial charge in [-0.3, -0.25) is 9.59 Å². The van der Waals surface area contributed by atoms with Crippen molar-refractivity contribution in [2.24, 2.45) is 23.7 Å². The average Bonchev–Trinajstić information content (AvgIpc) is 2.78. The van der Waals surface area contributed by atoms with Gasteiger partial charge in [0, 0.05) is 0 Å². The molecule has 0 aromatic rings. The normalized spacial score (nSPS) is 19.7. The summed E-state index contributed by atoms with van der Waals surface area (Å²) in [5.41, 5.74) is 0. The first-order valence-corrected chi connectivity index (χ1v) is 13.8. The molecule has 0 aromatic carbocycles. The van der Waals surface area contributed by atoms with Gasteiger partial charge in [0.2, 0.25) is 0 Å². The highest BCUT2D eigenvalue weighted by Crippen LogP contribution is 2.31. The molecular formula is C28H52O4. The van der Waals surface area contributed by atoms with Crippen LogP contribution in [0.4, 0.5) is 0 Å². The van der Waals surface area contributed by atoms with E-state index in [9.17, 15) is 9.59 Å². The lowest BCUT2D eigenvalue weighted by atomic mass is 9.81. The van der Waals surface area contributed by atoms with Crippen LogP contribution in [-0.4, -0.2) is 25.2 Å². The van der Waals surface area contributed by atoms with E-state index in [1.54, 1.807) is 0 Å². The Labute approximate surface area is 198 Å². The Morgan fingerprint density at radius 1 is 0.750 bits per heavy atom. The molecule has 32 heavy (non-hydrogen) atoms. The van der Waals surface area contributed by atoms with E-state index in [1.165, 1.54) is 44.9 Å². The molecule has 0 aromatic heterocycles. The summed E-state index contributed by atoms with van der Waals surface area (Å²) in [5.74, 6) is 0.788. The summed E-state index contributed by atoms with van der Waals surface area (Å²) in [6.45, 7) is 10.0. The van der Waals surface area contributed by atoms with Crippen molar-refractivity contribution in [2.45, 2.75) is 130 Å². The number of unbranched alkanes of at least 4 members (excludes halogenated alkanes) is 6. The Kier molecular flexibility index (Phi) is 16.6. The minimum atomic E-state index is -0.139. The summed E-state index contributed by atoms with van der Waals surface area (Å²) >= 11 is 0. The summed E-state index contributed by atoms with van der Waals surface area (Å²) in [6, 6.07) is 0. The zero-order valence-corrected chi connectivity index (χ0v) is 21.7. The highest BCUT2D eigenvalue weighted by molar-refractivity contribution is 5.76. The van der Waals surface area contributed by atoms with Gasteiger partial charge in [-0.1, -0.05) is 91.9 Å². The molecular weight excluding hydrogens is 400 g/mol. The van der Waals surface area contributed by atoms with Crippen molar-refractivity contribution in [3.8, 4) is 0 Å². The van der Waals surface area contributed by atoms with Gasteiger partial charge in [0.05, 0.1) is 25.0 Å². The second-order valence-corrected chi connectivity index (χ2v) is 10.5. The van der Waals surface area contributed by atoms with Gasteiger partial charge in [0.15, 0.2) is 0 Å². The molecule has 1 rings (SSSR count). The lowest BCUT2D eigenvalue weighted by Crippen LogP contribution is -2.30. The van der Waals surface area contributed by atoms with Crippen LogP contribution in [0.15, 0.2) is 0 Å². The monoisotopic (exact) mass is 452 g/mol. The van der Waals surface area contributed by atoms with Crippen LogP contribution in [0.2, 0.25) is 0 Å². The van der Waals surface area contributed by atoms with Gasteiger partial charge in [-0.15, -0.1) is 0 Å². The first-order chi connectivity index (χ1) is 15.5. The summed E-state index contributed by atoms with van der Waals surface area (Å²) in [7, 11) is 0. The molecule has 0 N–H and O–H groups in total. The van der Waals surface area contributed by atoms with E-state index in [-0.39, 0.29) is 23.8 Å². The summed E-state index contributed by atoms with van der Waals surface area (Å²) in [6.07, 6.45) is 17.4. The number of rotatable bonds is 18. The van der Waals surface area contributed by atoms with Crippen LogP contribution in [0.1, 0.15) is 130 Å². The van der Waals surface area contributed by atoms with Gasteiger partial charge in [-0.05, 0) is 50.4 Å². The van der Waals surface area contributed by atoms with E-state index >= 15 is 0 Å². The largest absolute Gasteiger partial charge is 0.465 e. The minimum absolute atomic E-state index is 0.0968. The second-order valence-electron chi connectivity index (χ2n) is 10.5. The number of hydrogen-bond acceptors (Lipinski definition) is 4. The van der Waals surface area contributed by atoms with Crippen LogP contribution in [0.3, 0.4) is 0 Å². The molecule has 4 nitrogen and oxygen atoms in total. The molecule has 3 unspecified atom stereocenters. The van der Waals surface area contributed by atoms with Gasteiger partial charge in [-0.25, -0.2) is 0 Å². The third-order valence-corrected chi connectivity index (χ3v) is 6.89. The molecule has 188 valence electrons. The van der Waals surface area contributed by atoms with E-state index in [4.69, 9.17) is 9.47 Å². The Bertz CT molecular complexity index is 488. The highest BCUT2D eigenvalue weighted by atomic mass is 16.5. The Hall–Kier alpha value is -1.06. The average molecular weight is 453 g/mol. The standard InChI is InChI=1S/C28H52O4/c1-5-7-11-17-24(15-6-2)22-32-28(30)26-19-14-18-25(21-26)27(29)31-20-13-10-8-9-12-16-23(3)4/h23-26H,5-22H2,1-4H3. The molecule has 0 radical (unpaired) electrons. The molecule has 0 spiro atoms. The first kappa shape index (κ1) is 29.0. The maximum absolute atomic E-state index is 12.7. The summed E-state index contributed by atoms with van der Waals surface area (Å²) < 4.78 is 11.3. The van der Waals surface area contributed by atoms with Crippen molar-refractivity contribution in [3.63, 3.8) is 0 Å². The van der Waals surface area contributed by atoms with Crippen LogP contribution in [0.25, 0.3) is 0 Å². The number of ether oxygens (including phenoxy) is 2. The number of carbonyl (C=O) groups excluding carboxylic acids is 2. The molecule has 1 fully saturated rings. The lowest BCUT2D eigenvalue weighted by molar-refractivity contribution is -0.156. The number of esters is 2. The van der Waals surface area contributed by atoms with Crippen molar-refractivity contribution >= 4 is 11.9 Å². The Balaban J connectivity index is 2.25. The molecule has 3 atom stereocenters. The van der Waals surface area contributed by atoms with Crippen molar-refractivity contribution in [1.29, 1.82) is 0 Å². The van der Waals surface area contributed by atoms with Crippen molar-refractivity contribution in [2.75, 3.05) is 13.2 Å². The molecule has 1 aliphatic carbocycles. The van der Waals surface area contributed by atoms with Gasteiger partial charge in [0.1, 0.15) is 0 Å². The maximum atomic E-state index is 12.7. The topological polar surface area (TPSA) is 52.6 Å². The minimum Gasteiger partial charge on any atom is -0.465 e. The van der Waals surface area contributed by atoms with Gasteiger partial charge in [-0.2, -0.15) is 0 Å². The van der Waals surface area contributed by atoms with E-state index < -0.39 is 0 Å². The smallest absolute Gasteiger partial charge is 0.308 e. The zero-order chi connectivity index (χ0) is 23.6. The molecule has 0 amide bonds. The van der Waals surface area contributed by atoms with Crippen molar-refractivity contribution < 1.29 is 19.1 Å². The quantitative estimate of drug-likeness (QED) is 0.157. The van der Waals surface area contributed by atoms with E-state index in [0.29, 0.717) is 25.6 Å². The fourth-order valence-corrected chi connectivity index (χ4v) is 4.81. The van der Waals surface area contributed by atoms with Gasteiger partial charge >= 0.3 is 11.9 Å². The zero-order valence-electron chi connectivity index (χ0n) is 21.7. The lowest BCUT2D eigenvalue weighted by Gasteiger charge is -2.27. The van der Waals surface area contributed by atoms with Crippen molar-refractivity contribution in [1.82, 2.24) is 0 Å². The second kappa shape index (κ2) is 18.4. The van der Waals surface area contributed by atoms with Gasteiger partial charge in [0.25, 0.3) is 0 Å². The van der Waals surface area contributed by atoms with Crippen molar-refractivity contribution in [3.05, 3.63) is 0 Å². The summed E-state index contributed by atoms with van der Waals surface area (Å²) in [5, 5.41) is 0. The van der Waals surface area contributed by atoms with Crippen LogP contribution in [-0.2, 0) is 19.1 Å². The third-order valence-electron chi connectivity index (χ3n) is 6.89. The predicted molar refractivity (Wildman–Crippen MR) is 132 cm³/mol. The van der Waals surface area contributed by atoms with Crippen LogP contribution in [0.5, 0.6) is 0 Å². The van der Waals surface area contributed by atoms with E-state index in [1.807, 2.05) is 0 Å². The first-order valence-electron chi connectivity index (χ1n) is 13.8. The molecule has 0 bridgehead atoms. The maximum Gasteiger partial charge on any atom is 0.308 e. The van der Waals surface area contributed by atoms with Crippen LogP contribution < -0.4 is 0 Å². The molecule has 4 heteroatoms. The molecule has 1 aliphatic rings. The third kappa shape index (κ3) is 13.5. The number of hydrogen-bond donors (Lipinski definition) is 0. The van der Waals surface area contributed by atoms with Gasteiger partial charge < -0.3 is 9.47 Å². The number of carbonyl (C=O) groups is 2. The SMILES string of the molecule is CCCCCC(CCC)COC(=O)C1CCCC(C(=O)OCCCCCCCC(C)C)C1. The Morgan fingerprint density at radius 2 is 1.38 bits per heavy atom. The van der Waals surface area contributed by atoms with E-state index in [2.05, 4.69) is 27.7 Å². The van der Waals surface area contributed by atoms with E-state index in [0.717, 1.165) is 57.3 Å². The molecule has 0 aliphatic heterocycles. The fraction of sp³-hybridized carbons (Fsp3) is 0.929. The fourth-order valence-electron chi connectivity index (χ4n) is 4.81. The highest BCUT2D eigenvalue weighted by Gasteiger charge is 2.33. The van der Waals surface area contributed by atoms with Crippen LogP contribution >= 0.6 is 0 Å². The predicted octanol–water partition coefficient (Wildman–Crippen LogP) is 7.87. The molecule has 1 saturated carbocycles. The Morgan fingerprint density at radius 3 is 2.03 bits per heavy atom. The molecule has 0 saturated heterocycles. The van der Waals surface area contributed by atoms with Crippen LogP contribution in [0, 0.1) is 23.7 Å².